The van der Waals surface area contributed by atoms with Crippen LogP contribution in [0.3, 0.4) is 0 Å². The first-order chi connectivity index (χ1) is 16.0. The van der Waals surface area contributed by atoms with E-state index in [1.54, 1.807) is 19.3 Å². The predicted octanol–water partition coefficient (Wildman–Crippen LogP) is 1.51. The Morgan fingerprint density at radius 3 is 2.91 bits per heavy atom. The number of aromatic nitrogens is 2. The normalized spacial score (nSPS) is 20.2. The van der Waals surface area contributed by atoms with Crippen molar-refractivity contribution in [3.05, 3.63) is 52.8 Å². The highest BCUT2D eigenvalue weighted by Crippen LogP contribution is 2.46. The minimum atomic E-state index is -0.700. The van der Waals surface area contributed by atoms with Gasteiger partial charge < -0.3 is 19.8 Å². The van der Waals surface area contributed by atoms with Crippen LogP contribution < -0.4 is 16.4 Å². The summed E-state index contributed by atoms with van der Waals surface area (Å²) in [6.45, 7) is 1.90. The SMILES string of the molecule is Cn1c(=O)oc2ccc(-c3ccc(C[C@@H](C#N)NC(=O)[C@@H]4CNCC5(CC5)CO4)nc3)cc21. The van der Waals surface area contributed by atoms with Crippen molar-refractivity contribution in [2.75, 3.05) is 19.7 Å². The van der Waals surface area contributed by atoms with E-state index >= 15 is 0 Å². The fraction of sp³-hybridized carbons (Fsp3) is 0.417. The molecule has 170 valence electrons. The molecule has 9 heteroatoms. The number of hydrogen-bond donors (Lipinski definition) is 2. The summed E-state index contributed by atoms with van der Waals surface area (Å²) in [5.74, 6) is -0.681. The number of ether oxygens (including phenoxy) is 1. The number of pyridine rings is 1. The summed E-state index contributed by atoms with van der Waals surface area (Å²) in [6, 6.07) is 10.7. The number of benzene rings is 1. The zero-order valence-electron chi connectivity index (χ0n) is 18.3. The third-order valence-electron chi connectivity index (χ3n) is 6.51. The van der Waals surface area contributed by atoms with E-state index in [9.17, 15) is 14.9 Å². The average Bonchev–Trinajstić information content (AvgIpc) is 3.59. The van der Waals surface area contributed by atoms with Crippen molar-refractivity contribution in [3.8, 4) is 17.2 Å². The van der Waals surface area contributed by atoms with Crippen molar-refractivity contribution >= 4 is 17.0 Å². The lowest BCUT2D eigenvalue weighted by Crippen LogP contribution is -2.46. The summed E-state index contributed by atoms with van der Waals surface area (Å²) in [5, 5.41) is 15.7. The summed E-state index contributed by atoms with van der Waals surface area (Å²) in [4.78, 5) is 28.8. The summed E-state index contributed by atoms with van der Waals surface area (Å²) in [5.41, 5.74) is 3.90. The van der Waals surface area contributed by atoms with Gasteiger partial charge in [-0.05, 0) is 36.6 Å². The molecule has 1 aromatic carbocycles. The topological polar surface area (TPSA) is 122 Å². The van der Waals surface area contributed by atoms with Gasteiger partial charge in [0.25, 0.3) is 5.91 Å². The second kappa shape index (κ2) is 8.46. The van der Waals surface area contributed by atoms with E-state index in [0.717, 1.165) is 30.5 Å². The molecular formula is C24H25N5O4. The number of amides is 1. The van der Waals surface area contributed by atoms with Crippen LogP contribution in [0.15, 0.2) is 45.7 Å². The molecule has 33 heavy (non-hydrogen) atoms. The van der Waals surface area contributed by atoms with Crippen LogP contribution in [0.4, 0.5) is 0 Å². The number of nitrogens with zero attached hydrogens (tertiary/aromatic N) is 3. The highest BCUT2D eigenvalue weighted by molar-refractivity contribution is 5.82. The van der Waals surface area contributed by atoms with E-state index in [0.29, 0.717) is 36.4 Å². The number of aryl methyl sites for hydroxylation is 1. The maximum absolute atomic E-state index is 12.6. The first-order valence-corrected chi connectivity index (χ1v) is 11.0. The third kappa shape index (κ3) is 4.40. The van der Waals surface area contributed by atoms with E-state index in [-0.39, 0.29) is 11.3 Å². The molecule has 2 aromatic heterocycles. The Balaban J connectivity index is 1.23. The van der Waals surface area contributed by atoms with Crippen molar-refractivity contribution in [2.45, 2.75) is 31.4 Å². The zero-order chi connectivity index (χ0) is 23.0. The standard InChI is InChI=1S/C24H25N5O4/c1-29-19-8-15(3-5-20(19)33-23(29)31)16-2-4-17(27-11-16)9-18(10-25)28-22(30)21-12-26-13-24(6-7-24)14-32-21/h2-5,8,11,18,21,26H,6-7,9,12-14H2,1H3,(H,28,30)/t18-,21-/m0/s1. The molecule has 0 unspecified atom stereocenters. The van der Waals surface area contributed by atoms with Crippen molar-refractivity contribution in [1.82, 2.24) is 20.2 Å². The van der Waals surface area contributed by atoms with Crippen molar-refractivity contribution in [2.24, 2.45) is 12.5 Å². The van der Waals surface area contributed by atoms with Gasteiger partial charge in [-0.15, -0.1) is 0 Å². The highest BCUT2D eigenvalue weighted by atomic mass is 16.5. The Labute approximate surface area is 190 Å². The Kier molecular flexibility index (Phi) is 5.48. The number of nitrogens with one attached hydrogen (secondary N) is 2. The van der Waals surface area contributed by atoms with E-state index in [4.69, 9.17) is 9.15 Å². The fourth-order valence-corrected chi connectivity index (χ4v) is 4.15. The molecule has 1 saturated carbocycles. The molecular weight excluding hydrogens is 422 g/mol. The minimum Gasteiger partial charge on any atom is -0.408 e. The van der Waals surface area contributed by atoms with Gasteiger partial charge in [0.05, 0.1) is 18.2 Å². The molecule has 0 bridgehead atoms. The summed E-state index contributed by atoms with van der Waals surface area (Å²) < 4.78 is 12.4. The van der Waals surface area contributed by atoms with Crippen LogP contribution in [0, 0.1) is 16.7 Å². The summed E-state index contributed by atoms with van der Waals surface area (Å²) >= 11 is 0. The van der Waals surface area contributed by atoms with Gasteiger partial charge in [0.2, 0.25) is 0 Å². The van der Waals surface area contributed by atoms with Gasteiger partial charge in [-0.1, -0.05) is 12.1 Å². The molecule has 2 atom stereocenters. The largest absolute Gasteiger partial charge is 0.419 e. The average molecular weight is 447 g/mol. The second-order valence-electron chi connectivity index (χ2n) is 8.97. The van der Waals surface area contributed by atoms with Crippen LogP contribution in [0.2, 0.25) is 0 Å². The van der Waals surface area contributed by atoms with Crippen LogP contribution in [0.5, 0.6) is 0 Å². The number of carbonyl (C=O) groups excluding carboxylic acids is 1. The Morgan fingerprint density at radius 2 is 2.18 bits per heavy atom. The van der Waals surface area contributed by atoms with E-state index < -0.39 is 17.9 Å². The quantitative estimate of drug-likeness (QED) is 0.608. The number of oxazole rings is 1. The highest BCUT2D eigenvalue weighted by Gasteiger charge is 2.45. The number of nitriles is 1. The van der Waals surface area contributed by atoms with E-state index in [1.165, 1.54) is 4.57 Å². The number of fused-ring (bicyclic) bond motifs is 1. The first kappa shape index (κ1) is 21.4. The van der Waals surface area contributed by atoms with E-state index in [2.05, 4.69) is 21.7 Å². The first-order valence-electron chi connectivity index (χ1n) is 11.0. The van der Waals surface area contributed by atoms with Gasteiger partial charge in [0.15, 0.2) is 5.58 Å². The molecule has 1 saturated heterocycles. The van der Waals surface area contributed by atoms with Gasteiger partial charge in [-0.3, -0.25) is 14.3 Å². The van der Waals surface area contributed by atoms with Gasteiger partial charge in [-0.25, -0.2) is 4.79 Å². The molecule has 5 rings (SSSR count). The molecule has 0 radical (unpaired) electrons. The lowest BCUT2D eigenvalue weighted by Gasteiger charge is -2.18. The van der Waals surface area contributed by atoms with Crippen molar-refractivity contribution in [3.63, 3.8) is 0 Å². The van der Waals surface area contributed by atoms with E-state index in [1.807, 2.05) is 24.3 Å². The minimum absolute atomic E-state index is 0.201. The molecule has 3 heterocycles. The molecule has 2 aliphatic rings. The summed E-state index contributed by atoms with van der Waals surface area (Å²) in [6.07, 6.45) is 3.68. The summed E-state index contributed by atoms with van der Waals surface area (Å²) in [7, 11) is 1.66. The van der Waals surface area contributed by atoms with Gasteiger partial charge in [-0.2, -0.15) is 5.26 Å². The third-order valence-corrected chi connectivity index (χ3v) is 6.51. The Hall–Kier alpha value is -3.48. The maximum atomic E-state index is 12.6. The number of hydrogen-bond acceptors (Lipinski definition) is 7. The van der Waals surface area contributed by atoms with Gasteiger partial charge in [0, 0.05) is 49.4 Å². The van der Waals surface area contributed by atoms with Crippen LogP contribution in [0.1, 0.15) is 18.5 Å². The molecule has 3 aromatic rings. The van der Waals surface area contributed by atoms with Crippen LogP contribution >= 0.6 is 0 Å². The van der Waals surface area contributed by atoms with Crippen molar-refractivity contribution in [1.29, 1.82) is 5.26 Å². The molecule has 9 nitrogen and oxygen atoms in total. The Morgan fingerprint density at radius 1 is 1.36 bits per heavy atom. The van der Waals surface area contributed by atoms with Crippen molar-refractivity contribution < 1.29 is 13.9 Å². The number of rotatable bonds is 5. The molecule has 2 N–H and O–H groups in total. The van der Waals surface area contributed by atoms with Crippen LogP contribution in [-0.4, -0.2) is 47.3 Å². The zero-order valence-corrected chi connectivity index (χ0v) is 18.3. The predicted molar refractivity (Wildman–Crippen MR) is 120 cm³/mol. The smallest absolute Gasteiger partial charge is 0.408 e. The maximum Gasteiger partial charge on any atom is 0.419 e. The van der Waals surface area contributed by atoms with Gasteiger partial charge >= 0.3 is 5.76 Å². The molecule has 1 aliphatic carbocycles. The monoisotopic (exact) mass is 447 g/mol. The lowest BCUT2D eigenvalue weighted by molar-refractivity contribution is -0.133. The lowest BCUT2D eigenvalue weighted by atomic mass is 10.1. The molecule has 1 aliphatic heterocycles. The van der Waals surface area contributed by atoms with Crippen LogP contribution in [-0.2, 0) is 23.0 Å². The number of carbonyl (C=O) groups is 1. The van der Waals surface area contributed by atoms with Gasteiger partial charge in [0.1, 0.15) is 12.1 Å². The van der Waals surface area contributed by atoms with Crippen LogP contribution in [0.25, 0.3) is 22.2 Å². The molecule has 1 spiro atoms. The molecule has 1 amide bonds. The second-order valence-corrected chi connectivity index (χ2v) is 8.97. The Bertz CT molecular complexity index is 1280. The molecule has 2 fully saturated rings. The fourth-order valence-electron chi connectivity index (χ4n) is 4.15.